The molecule has 0 aromatic heterocycles. The highest BCUT2D eigenvalue weighted by molar-refractivity contribution is 6.31. The Balaban J connectivity index is 0.00000133. The van der Waals surface area contributed by atoms with Crippen LogP contribution in [0.2, 0.25) is 5.02 Å². The smallest absolute Gasteiger partial charge is 0.0426 e. The van der Waals surface area contributed by atoms with E-state index in [2.05, 4.69) is 96.3 Å². The Bertz CT molecular complexity index is 1280. The summed E-state index contributed by atoms with van der Waals surface area (Å²) in [6.07, 6.45) is 12.6. The van der Waals surface area contributed by atoms with Crippen LogP contribution in [0, 0.1) is 0 Å². The van der Waals surface area contributed by atoms with Crippen molar-refractivity contribution in [1.29, 1.82) is 0 Å². The number of nitrogens with zero attached hydrogens (tertiary/aromatic N) is 1. The average molecular weight is 467 g/mol. The molecule has 0 atom stereocenters. The Morgan fingerprint density at radius 1 is 0.706 bits per heavy atom. The van der Waals surface area contributed by atoms with Crippen molar-refractivity contribution in [3.05, 3.63) is 120 Å². The fraction of sp³-hybridized carbons (Fsp3) is 0.161. The van der Waals surface area contributed by atoms with Crippen LogP contribution in [0.25, 0.3) is 33.4 Å². The molecule has 2 nitrogen and oxygen atoms in total. The highest BCUT2D eigenvalue weighted by Gasteiger charge is 2.11. The van der Waals surface area contributed by atoms with E-state index in [9.17, 15) is 0 Å². The van der Waals surface area contributed by atoms with Crippen molar-refractivity contribution in [2.24, 2.45) is 0 Å². The molecule has 2 aliphatic heterocycles. The summed E-state index contributed by atoms with van der Waals surface area (Å²) in [5.41, 5.74) is 9.65. The van der Waals surface area contributed by atoms with Crippen LogP contribution < -0.4 is 5.32 Å². The molecular weight excluding hydrogens is 436 g/mol. The van der Waals surface area contributed by atoms with Crippen LogP contribution in [0.4, 0.5) is 0 Å². The van der Waals surface area contributed by atoms with Crippen LogP contribution in [-0.4, -0.2) is 25.0 Å². The van der Waals surface area contributed by atoms with E-state index < -0.39 is 0 Å². The van der Waals surface area contributed by atoms with E-state index in [4.69, 9.17) is 11.6 Å². The summed E-state index contributed by atoms with van der Waals surface area (Å²) >= 11 is 6.59. The number of allylic oxidation sites excluding steroid dienone is 4. The predicted molar refractivity (Wildman–Crippen MR) is 149 cm³/mol. The monoisotopic (exact) mass is 466 g/mol. The van der Waals surface area contributed by atoms with Gasteiger partial charge in [-0.2, -0.15) is 0 Å². The quantitative estimate of drug-likeness (QED) is 0.418. The summed E-state index contributed by atoms with van der Waals surface area (Å²) in [6.45, 7) is 5.75. The van der Waals surface area contributed by atoms with Gasteiger partial charge in [0.25, 0.3) is 0 Å². The fourth-order valence-corrected chi connectivity index (χ4v) is 4.48. The number of likely N-dealkylation sites (N-methyl/N-ethyl adjacent to an activating group) is 1. The zero-order chi connectivity index (χ0) is 23.9. The van der Waals surface area contributed by atoms with Gasteiger partial charge in [0.05, 0.1) is 0 Å². The topological polar surface area (TPSA) is 15.3 Å². The number of nitrogens with one attached hydrogen (secondary N) is 1. The third kappa shape index (κ3) is 5.52. The van der Waals surface area contributed by atoms with Gasteiger partial charge >= 0.3 is 0 Å². The van der Waals surface area contributed by atoms with Crippen LogP contribution in [0.3, 0.4) is 0 Å². The van der Waals surface area contributed by atoms with Crippen molar-refractivity contribution in [2.75, 3.05) is 20.1 Å². The van der Waals surface area contributed by atoms with Gasteiger partial charge in [0.1, 0.15) is 0 Å². The number of dihydropyridines is 1. The molecule has 3 heteroatoms. The van der Waals surface area contributed by atoms with E-state index in [1.54, 1.807) is 0 Å². The summed E-state index contributed by atoms with van der Waals surface area (Å²) in [4.78, 5) is 2.19. The van der Waals surface area contributed by atoms with Gasteiger partial charge in [-0.1, -0.05) is 74.0 Å². The van der Waals surface area contributed by atoms with Gasteiger partial charge in [0.15, 0.2) is 0 Å². The standard InChI is InChI=1S/C29H25ClN2.C2H6/c1-32-13-5-11-26(20-32)22-7-3-9-24(15-22)28-16-27(17-29(30)18-28)23-8-2-6-21(14-23)25-10-4-12-31-19-25;1-2/h2-18,31H,19-20H2,1H3;1-2H3. The third-order valence-electron chi connectivity index (χ3n) is 5.89. The van der Waals surface area contributed by atoms with Crippen LogP contribution in [0.5, 0.6) is 0 Å². The molecule has 0 unspecified atom stereocenters. The molecule has 3 aromatic carbocycles. The number of hydrogen-bond acceptors (Lipinski definition) is 2. The summed E-state index contributed by atoms with van der Waals surface area (Å²) in [7, 11) is 2.10. The van der Waals surface area contributed by atoms with E-state index in [-0.39, 0.29) is 0 Å². The molecule has 0 aliphatic carbocycles. The van der Waals surface area contributed by atoms with Crippen molar-refractivity contribution in [1.82, 2.24) is 10.2 Å². The lowest BCUT2D eigenvalue weighted by Crippen LogP contribution is -2.15. The van der Waals surface area contributed by atoms with E-state index in [1.807, 2.05) is 38.3 Å². The van der Waals surface area contributed by atoms with Crippen LogP contribution >= 0.6 is 11.6 Å². The van der Waals surface area contributed by atoms with Crippen molar-refractivity contribution in [3.8, 4) is 22.3 Å². The molecule has 1 N–H and O–H groups in total. The maximum Gasteiger partial charge on any atom is 0.0426 e. The molecule has 5 rings (SSSR count). The highest BCUT2D eigenvalue weighted by atomic mass is 35.5. The Labute approximate surface area is 208 Å². The van der Waals surface area contributed by atoms with Crippen LogP contribution in [-0.2, 0) is 0 Å². The van der Waals surface area contributed by atoms with Gasteiger partial charge in [-0.25, -0.2) is 0 Å². The molecule has 0 spiro atoms. The second-order valence-corrected chi connectivity index (χ2v) is 8.71. The van der Waals surface area contributed by atoms with Crippen LogP contribution in [0.15, 0.2) is 103 Å². The molecule has 2 aliphatic rings. The van der Waals surface area contributed by atoms with Gasteiger partial charge in [-0.05, 0) is 99.4 Å². The zero-order valence-corrected chi connectivity index (χ0v) is 20.8. The number of halogens is 1. The summed E-state index contributed by atoms with van der Waals surface area (Å²) in [5, 5.41) is 4.03. The van der Waals surface area contributed by atoms with Gasteiger partial charge in [0.2, 0.25) is 0 Å². The van der Waals surface area contributed by atoms with Gasteiger partial charge in [0, 0.05) is 25.2 Å². The van der Waals surface area contributed by atoms with Gasteiger partial charge in [-0.15, -0.1) is 0 Å². The molecule has 0 fully saturated rings. The lowest BCUT2D eigenvalue weighted by atomic mass is 9.94. The van der Waals surface area contributed by atoms with Crippen molar-refractivity contribution in [3.63, 3.8) is 0 Å². The first kappa shape index (κ1) is 23.7. The normalized spacial score (nSPS) is 14.5. The van der Waals surface area contributed by atoms with Gasteiger partial charge < -0.3 is 10.2 Å². The molecule has 0 saturated carbocycles. The molecule has 0 amide bonds. The SMILES string of the molecule is CC.CN1C=CC=C(c2cccc(-c3cc(Cl)cc(-c4cccc(C5=CC=CNC5)c4)c3)c2)C1. The second kappa shape index (κ2) is 11.1. The molecule has 0 radical (unpaired) electrons. The fourth-order valence-electron chi connectivity index (χ4n) is 4.25. The predicted octanol–water partition coefficient (Wildman–Crippen LogP) is 8.04. The average Bonchev–Trinajstić information content (AvgIpc) is 2.90. The zero-order valence-electron chi connectivity index (χ0n) is 20.1. The van der Waals surface area contributed by atoms with Crippen LogP contribution in [0.1, 0.15) is 25.0 Å². The summed E-state index contributed by atoms with van der Waals surface area (Å²) in [6, 6.07) is 23.7. The Morgan fingerprint density at radius 3 is 1.85 bits per heavy atom. The molecule has 0 bridgehead atoms. The number of rotatable bonds is 4. The number of benzene rings is 3. The molecular formula is C31H31ClN2. The van der Waals surface area contributed by atoms with Gasteiger partial charge in [-0.3, -0.25) is 0 Å². The summed E-state index contributed by atoms with van der Waals surface area (Å²) in [5.74, 6) is 0. The first-order valence-corrected chi connectivity index (χ1v) is 12.2. The largest absolute Gasteiger partial charge is 0.387 e. The van der Waals surface area contributed by atoms with Crippen molar-refractivity contribution >= 4 is 22.7 Å². The van der Waals surface area contributed by atoms with Crippen molar-refractivity contribution < 1.29 is 0 Å². The minimum atomic E-state index is 0.745. The molecule has 0 saturated heterocycles. The van der Waals surface area contributed by atoms with E-state index >= 15 is 0 Å². The van der Waals surface area contributed by atoms with E-state index in [0.717, 1.165) is 29.2 Å². The minimum absolute atomic E-state index is 0.745. The first-order valence-electron chi connectivity index (χ1n) is 11.8. The third-order valence-corrected chi connectivity index (χ3v) is 6.11. The number of hydrogen-bond donors (Lipinski definition) is 1. The van der Waals surface area contributed by atoms with Crippen molar-refractivity contribution in [2.45, 2.75) is 13.8 Å². The van der Waals surface area contributed by atoms with E-state index in [1.165, 1.54) is 33.4 Å². The first-order chi connectivity index (χ1) is 16.7. The lowest BCUT2D eigenvalue weighted by Gasteiger charge is -2.20. The highest BCUT2D eigenvalue weighted by Crippen LogP contribution is 2.33. The van der Waals surface area contributed by atoms with E-state index in [0.29, 0.717) is 0 Å². The minimum Gasteiger partial charge on any atom is -0.387 e. The lowest BCUT2D eigenvalue weighted by molar-refractivity contribution is 0.512. The molecule has 172 valence electrons. The maximum absolute atomic E-state index is 6.59. The molecule has 34 heavy (non-hydrogen) atoms. The Kier molecular flexibility index (Phi) is 7.72. The second-order valence-electron chi connectivity index (χ2n) is 8.27. The Morgan fingerprint density at radius 2 is 1.26 bits per heavy atom. The summed E-state index contributed by atoms with van der Waals surface area (Å²) < 4.78 is 0. The molecule has 2 heterocycles. The maximum atomic E-state index is 6.59. The Hall–Kier alpha value is -3.49. The molecule has 3 aromatic rings.